The minimum Gasteiger partial charge on any atom is -0.330 e. The number of hydrogen-bond donors (Lipinski definition) is 1. The zero-order valence-electron chi connectivity index (χ0n) is 10.6. The molecule has 2 fully saturated rings. The van der Waals surface area contributed by atoms with Gasteiger partial charge in [-0.1, -0.05) is 13.3 Å². The van der Waals surface area contributed by atoms with Gasteiger partial charge in [-0.15, -0.1) is 12.4 Å². The van der Waals surface area contributed by atoms with Crippen LogP contribution in [0.4, 0.5) is 0 Å². The average Bonchev–Trinajstić information content (AvgIpc) is 2.16. The Hall–Kier alpha value is 0.210. The smallest absolute Gasteiger partial charge is 0.00354 e. The number of nitrogens with zero attached hydrogens (tertiary/aromatic N) is 1. The fraction of sp³-hybridized carbons (Fsp3) is 1.00. The molecule has 2 aliphatic rings. The molecule has 3 heteroatoms. The Balaban J connectivity index is 0.00000128. The van der Waals surface area contributed by atoms with Gasteiger partial charge in [-0.25, -0.2) is 0 Å². The Labute approximate surface area is 106 Å². The van der Waals surface area contributed by atoms with Crippen molar-refractivity contribution in [3.63, 3.8) is 0 Å². The molecule has 2 N–H and O–H groups in total. The Bertz CT molecular complexity index is 202. The highest BCUT2D eigenvalue weighted by molar-refractivity contribution is 5.85. The van der Waals surface area contributed by atoms with E-state index in [1.54, 1.807) is 0 Å². The van der Waals surface area contributed by atoms with Gasteiger partial charge < -0.3 is 10.6 Å². The molecule has 0 radical (unpaired) electrons. The van der Waals surface area contributed by atoms with Crippen LogP contribution in [0.5, 0.6) is 0 Å². The lowest BCUT2D eigenvalue weighted by Crippen LogP contribution is -2.44. The van der Waals surface area contributed by atoms with E-state index >= 15 is 0 Å². The molecule has 1 aliphatic heterocycles. The Morgan fingerprint density at radius 1 is 1.31 bits per heavy atom. The van der Waals surface area contributed by atoms with Crippen LogP contribution in [0.1, 0.15) is 45.4 Å². The third-order valence-electron chi connectivity index (χ3n) is 4.34. The maximum Gasteiger partial charge on any atom is 0.00354 e. The summed E-state index contributed by atoms with van der Waals surface area (Å²) in [6.45, 7) is 7.32. The number of rotatable bonds is 4. The zero-order chi connectivity index (χ0) is 10.7. The summed E-state index contributed by atoms with van der Waals surface area (Å²) in [4.78, 5) is 2.70. The molecule has 0 amide bonds. The van der Waals surface area contributed by atoms with E-state index in [-0.39, 0.29) is 12.4 Å². The highest BCUT2D eigenvalue weighted by Crippen LogP contribution is 2.41. The molecule has 0 aromatic rings. The van der Waals surface area contributed by atoms with Gasteiger partial charge in [-0.05, 0) is 56.5 Å². The van der Waals surface area contributed by atoms with Crippen LogP contribution in [-0.2, 0) is 0 Å². The van der Waals surface area contributed by atoms with Crippen LogP contribution in [0.3, 0.4) is 0 Å². The Morgan fingerprint density at radius 2 is 2.06 bits per heavy atom. The van der Waals surface area contributed by atoms with Crippen molar-refractivity contribution in [1.29, 1.82) is 0 Å². The maximum atomic E-state index is 5.65. The van der Waals surface area contributed by atoms with E-state index in [0.29, 0.717) is 5.41 Å². The Morgan fingerprint density at radius 3 is 2.62 bits per heavy atom. The minimum atomic E-state index is 0. The SMILES string of the molecule is CC1(CN2CCCC(CCN)C2)CCC1.Cl. The molecule has 1 atom stereocenters. The van der Waals surface area contributed by atoms with Crippen LogP contribution >= 0.6 is 12.4 Å². The third kappa shape index (κ3) is 3.61. The molecule has 1 unspecified atom stereocenters. The van der Waals surface area contributed by atoms with Crippen molar-refractivity contribution in [2.24, 2.45) is 17.1 Å². The summed E-state index contributed by atoms with van der Waals surface area (Å²) >= 11 is 0. The van der Waals surface area contributed by atoms with Gasteiger partial charge >= 0.3 is 0 Å². The molecule has 1 aliphatic carbocycles. The summed E-state index contributed by atoms with van der Waals surface area (Å²) in [5.41, 5.74) is 6.31. The van der Waals surface area contributed by atoms with E-state index in [2.05, 4.69) is 11.8 Å². The first-order valence-corrected chi connectivity index (χ1v) is 6.64. The summed E-state index contributed by atoms with van der Waals surface area (Å²) in [6.07, 6.45) is 8.38. The highest BCUT2D eigenvalue weighted by atomic mass is 35.5. The van der Waals surface area contributed by atoms with Gasteiger partial charge in [0.15, 0.2) is 0 Å². The molecule has 0 aromatic carbocycles. The first-order valence-electron chi connectivity index (χ1n) is 6.64. The monoisotopic (exact) mass is 246 g/mol. The number of likely N-dealkylation sites (tertiary alicyclic amines) is 1. The third-order valence-corrected chi connectivity index (χ3v) is 4.34. The van der Waals surface area contributed by atoms with Crippen molar-refractivity contribution in [1.82, 2.24) is 4.90 Å². The molecule has 2 nitrogen and oxygen atoms in total. The van der Waals surface area contributed by atoms with E-state index in [9.17, 15) is 0 Å². The van der Waals surface area contributed by atoms with E-state index in [0.717, 1.165) is 12.5 Å². The van der Waals surface area contributed by atoms with Crippen molar-refractivity contribution in [3.05, 3.63) is 0 Å². The van der Waals surface area contributed by atoms with Crippen molar-refractivity contribution in [2.45, 2.75) is 45.4 Å². The van der Waals surface area contributed by atoms with Crippen molar-refractivity contribution >= 4 is 12.4 Å². The number of halogens is 1. The van der Waals surface area contributed by atoms with Crippen LogP contribution in [0.2, 0.25) is 0 Å². The standard InChI is InChI=1S/C13H26N2.ClH/c1-13(6-3-7-13)11-15-9-2-4-12(10-15)5-8-14;/h12H,2-11,14H2,1H3;1H. The normalized spacial score (nSPS) is 29.2. The van der Waals surface area contributed by atoms with Crippen LogP contribution in [0.25, 0.3) is 0 Å². The first kappa shape index (κ1) is 14.3. The fourth-order valence-electron chi connectivity index (χ4n) is 3.24. The average molecular weight is 247 g/mol. The van der Waals surface area contributed by atoms with Crippen molar-refractivity contribution in [2.75, 3.05) is 26.2 Å². The quantitative estimate of drug-likeness (QED) is 0.827. The van der Waals surface area contributed by atoms with E-state index in [1.165, 1.54) is 58.2 Å². The maximum absolute atomic E-state index is 5.65. The lowest BCUT2D eigenvalue weighted by atomic mass is 9.70. The lowest BCUT2D eigenvalue weighted by Gasteiger charge is -2.44. The molecule has 96 valence electrons. The second-order valence-electron chi connectivity index (χ2n) is 5.98. The minimum absolute atomic E-state index is 0. The van der Waals surface area contributed by atoms with Crippen LogP contribution < -0.4 is 5.73 Å². The van der Waals surface area contributed by atoms with Crippen LogP contribution in [0, 0.1) is 11.3 Å². The molecule has 0 bridgehead atoms. The van der Waals surface area contributed by atoms with Gasteiger partial charge in [0.05, 0.1) is 0 Å². The molecule has 0 aromatic heterocycles. The summed E-state index contributed by atoms with van der Waals surface area (Å²) in [5, 5.41) is 0. The van der Waals surface area contributed by atoms with Gasteiger partial charge in [-0.2, -0.15) is 0 Å². The van der Waals surface area contributed by atoms with Crippen molar-refractivity contribution < 1.29 is 0 Å². The number of nitrogens with two attached hydrogens (primary N) is 1. The number of hydrogen-bond acceptors (Lipinski definition) is 2. The summed E-state index contributed by atoms with van der Waals surface area (Å²) < 4.78 is 0. The second kappa shape index (κ2) is 6.23. The van der Waals surface area contributed by atoms with Crippen molar-refractivity contribution in [3.8, 4) is 0 Å². The molecular formula is C13H27ClN2. The number of piperidine rings is 1. The lowest BCUT2D eigenvalue weighted by molar-refractivity contribution is 0.0581. The molecule has 16 heavy (non-hydrogen) atoms. The van der Waals surface area contributed by atoms with Gasteiger partial charge in [0.25, 0.3) is 0 Å². The molecule has 0 spiro atoms. The van der Waals surface area contributed by atoms with E-state index in [1.807, 2.05) is 0 Å². The topological polar surface area (TPSA) is 29.3 Å². The first-order chi connectivity index (χ1) is 7.22. The zero-order valence-corrected chi connectivity index (χ0v) is 11.4. The Kier molecular flexibility index (Phi) is 5.55. The summed E-state index contributed by atoms with van der Waals surface area (Å²) in [6, 6.07) is 0. The van der Waals surface area contributed by atoms with E-state index in [4.69, 9.17) is 5.73 Å². The predicted octanol–water partition coefficient (Wildman–Crippen LogP) is 2.66. The van der Waals surface area contributed by atoms with Crippen LogP contribution in [0.15, 0.2) is 0 Å². The summed E-state index contributed by atoms with van der Waals surface area (Å²) in [7, 11) is 0. The molecule has 1 saturated heterocycles. The molecule has 1 saturated carbocycles. The predicted molar refractivity (Wildman–Crippen MR) is 72.0 cm³/mol. The van der Waals surface area contributed by atoms with Gasteiger partial charge in [0.2, 0.25) is 0 Å². The van der Waals surface area contributed by atoms with Gasteiger partial charge in [-0.3, -0.25) is 0 Å². The molecule has 1 heterocycles. The largest absolute Gasteiger partial charge is 0.330 e. The van der Waals surface area contributed by atoms with Gasteiger partial charge in [0, 0.05) is 13.1 Å². The second-order valence-corrected chi connectivity index (χ2v) is 5.98. The molecule has 2 rings (SSSR count). The van der Waals surface area contributed by atoms with E-state index < -0.39 is 0 Å². The fourth-order valence-corrected chi connectivity index (χ4v) is 3.24. The molecular weight excluding hydrogens is 220 g/mol. The van der Waals surface area contributed by atoms with Gasteiger partial charge in [0.1, 0.15) is 0 Å². The van der Waals surface area contributed by atoms with Crippen LogP contribution in [-0.4, -0.2) is 31.1 Å². The summed E-state index contributed by atoms with van der Waals surface area (Å²) in [5.74, 6) is 0.882. The highest BCUT2D eigenvalue weighted by Gasteiger charge is 2.34.